The molecule has 3 aromatic carbocycles. The Labute approximate surface area is 194 Å². The molecule has 0 saturated carbocycles. The van der Waals surface area contributed by atoms with Gasteiger partial charge in [0, 0.05) is 0 Å². The van der Waals surface area contributed by atoms with Crippen molar-refractivity contribution in [1.29, 1.82) is 0 Å². The van der Waals surface area contributed by atoms with Gasteiger partial charge in [-0.15, -0.1) is 0 Å². The molecule has 5 N–H and O–H groups in total. The van der Waals surface area contributed by atoms with E-state index in [-0.39, 0.29) is 12.6 Å². The lowest BCUT2D eigenvalue weighted by molar-refractivity contribution is -0.141. The predicted molar refractivity (Wildman–Crippen MR) is 132 cm³/mol. The molecule has 1 atom stereocenters. The van der Waals surface area contributed by atoms with Crippen molar-refractivity contribution >= 4 is 22.7 Å². The second kappa shape index (κ2) is 10.8. The first-order valence-corrected chi connectivity index (χ1v) is 11.0. The van der Waals surface area contributed by atoms with Gasteiger partial charge in [-0.25, -0.2) is 21.5 Å². The normalized spacial score (nSPS) is 15.5. The number of nitrogens with two attached hydrogens (primary N) is 2. The fourth-order valence-electron chi connectivity index (χ4n) is 3.81. The minimum Gasteiger partial charge on any atom is -0.457 e. The predicted octanol–water partition coefficient (Wildman–Crippen LogP) is 4.24. The number of fused-ring (bicyclic) bond motifs is 1. The van der Waals surface area contributed by atoms with Crippen LogP contribution >= 0.6 is 0 Å². The number of rotatable bonds is 4. The number of nitrogens with zero attached hydrogens (tertiary/aromatic N) is 2. The molecule has 0 radical (unpaired) electrons. The Balaban J connectivity index is 0.00000149. The maximum Gasteiger partial charge on any atom is 0.338 e. The van der Waals surface area contributed by atoms with Crippen LogP contribution in [0.2, 0.25) is 0 Å². The number of aliphatic imine (C=N–C) groups is 1. The van der Waals surface area contributed by atoms with Gasteiger partial charge < -0.3 is 4.74 Å². The van der Waals surface area contributed by atoms with Crippen LogP contribution in [0.3, 0.4) is 0 Å². The number of esters is 1. The number of guanidine groups is 1. The number of ether oxygens (including phenoxy) is 1. The van der Waals surface area contributed by atoms with Crippen LogP contribution in [-0.2, 0) is 16.1 Å². The lowest BCUT2D eigenvalue weighted by atomic mass is 9.91. The number of aryl methyl sites for hydroxylation is 1. The van der Waals surface area contributed by atoms with Crippen molar-refractivity contribution in [2.45, 2.75) is 40.3 Å². The summed E-state index contributed by atoms with van der Waals surface area (Å²) in [7, 11) is 0. The van der Waals surface area contributed by atoms with Gasteiger partial charge in [0.05, 0.1) is 11.3 Å². The Hall–Kier alpha value is -3.68. The van der Waals surface area contributed by atoms with E-state index in [1.807, 2.05) is 87.5 Å². The number of hydrazine groups is 2. The lowest BCUT2D eigenvalue weighted by Gasteiger charge is -2.35. The molecule has 1 aliphatic rings. The van der Waals surface area contributed by atoms with Crippen molar-refractivity contribution in [3.63, 3.8) is 0 Å². The summed E-state index contributed by atoms with van der Waals surface area (Å²) < 4.78 is 5.66. The monoisotopic (exact) mass is 445 g/mol. The van der Waals surface area contributed by atoms with Gasteiger partial charge in [0.25, 0.3) is 0 Å². The van der Waals surface area contributed by atoms with E-state index in [9.17, 15) is 4.79 Å². The smallest absolute Gasteiger partial charge is 0.338 e. The number of hydrogen-bond donors (Lipinski definition) is 3. The quantitative estimate of drug-likeness (QED) is 0.315. The standard InChI is InChI=1S/C24H25N5O2.C2H6/c1-15-10-12-17(13-11-15)14-31-23(30)21-16(2)27-24(28-25)29(26)22(21)20-9-5-7-18-6-3-4-8-19(18)20;1-2/h3-13,22H,14,25-26H2,1-2H3,(H,27,28);1-2H3. The summed E-state index contributed by atoms with van der Waals surface area (Å²) >= 11 is 0. The van der Waals surface area contributed by atoms with Gasteiger partial charge >= 0.3 is 5.97 Å². The van der Waals surface area contributed by atoms with Crippen LogP contribution in [0.5, 0.6) is 0 Å². The molecule has 0 amide bonds. The van der Waals surface area contributed by atoms with Crippen molar-refractivity contribution in [2.75, 3.05) is 0 Å². The first-order valence-electron chi connectivity index (χ1n) is 11.0. The molecule has 0 saturated heterocycles. The summed E-state index contributed by atoms with van der Waals surface area (Å²) in [4.78, 5) is 17.6. The Morgan fingerprint density at radius 3 is 2.39 bits per heavy atom. The molecular weight excluding hydrogens is 414 g/mol. The molecule has 1 unspecified atom stereocenters. The number of hydrogen-bond acceptors (Lipinski definition) is 7. The third-order valence-corrected chi connectivity index (χ3v) is 5.42. The molecule has 1 aliphatic heterocycles. The molecule has 0 aliphatic carbocycles. The molecule has 33 heavy (non-hydrogen) atoms. The van der Waals surface area contributed by atoms with E-state index in [4.69, 9.17) is 16.4 Å². The molecule has 7 nitrogen and oxygen atoms in total. The number of carbonyl (C=O) groups is 1. The summed E-state index contributed by atoms with van der Waals surface area (Å²) in [6.45, 7) is 7.93. The van der Waals surface area contributed by atoms with Crippen molar-refractivity contribution < 1.29 is 9.53 Å². The van der Waals surface area contributed by atoms with E-state index in [2.05, 4.69) is 10.4 Å². The zero-order valence-corrected chi connectivity index (χ0v) is 19.5. The lowest BCUT2D eigenvalue weighted by Crippen LogP contribution is -2.53. The Morgan fingerprint density at radius 1 is 1.03 bits per heavy atom. The zero-order chi connectivity index (χ0) is 24.0. The van der Waals surface area contributed by atoms with Gasteiger partial charge in [-0.3, -0.25) is 10.4 Å². The van der Waals surface area contributed by atoms with E-state index in [0.29, 0.717) is 11.3 Å². The van der Waals surface area contributed by atoms with Crippen molar-refractivity contribution in [2.24, 2.45) is 16.7 Å². The maximum atomic E-state index is 13.2. The van der Waals surface area contributed by atoms with Crippen LogP contribution in [0.4, 0.5) is 0 Å². The van der Waals surface area contributed by atoms with Gasteiger partial charge in [-0.05, 0) is 35.7 Å². The molecule has 0 aromatic heterocycles. The molecule has 3 aromatic rings. The number of carbonyl (C=O) groups excluding carboxylic acids is 1. The summed E-state index contributed by atoms with van der Waals surface area (Å²) in [5.41, 5.74) is 6.32. The summed E-state index contributed by atoms with van der Waals surface area (Å²) in [5.74, 6) is 11.8. The van der Waals surface area contributed by atoms with Gasteiger partial charge in [-0.1, -0.05) is 86.1 Å². The van der Waals surface area contributed by atoms with Gasteiger partial charge in [0.1, 0.15) is 12.6 Å². The SMILES string of the molecule is CC.CC1=C(C(=O)OCc2ccc(C)cc2)C(c2cccc3ccccc23)N(N)C(NN)=N1. The summed E-state index contributed by atoms with van der Waals surface area (Å²) in [6.07, 6.45) is 0. The van der Waals surface area contributed by atoms with E-state index in [1.165, 1.54) is 5.01 Å². The Bertz CT molecular complexity index is 1180. The highest BCUT2D eigenvalue weighted by Crippen LogP contribution is 2.37. The van der Waals surface area contributed by atoms with Crippen LogP contribution in [0.1, 0.15) is 43.5 Å². The fraction of sp³-hybridized carbons (Fsp3) is 0.231. The highest BCUT2D eigenvalue weighted by Gasteiger charge is 2.36. The minimum atomic E-state index is -0.611. The van der Waals surface area contributed by atoms with Crippen LogP contribution in [0.15, 0.2) is 83.0 Å². The molecule has 4 rings (SSSR count). The number of nitrogens with one attached hydrogen (secondary N) is 1. The molecular formula is C26H31N5O2. The van der Waals surface area contributed by atoms with Gasteiger partial charge in [0.15, 0.2) is 0 Å². The average Bonchev–Trinajstić information content (AvgIpc) is 2.85. The zero-order valence-electron chi connectivity index (χ0n) is 19.5. The minimum absolute atomic E-state index is 0.161. The molecule has 0 bridgehead atoms. The van der Waals surface area contributed by atoms with E-state index in [1.54, 1.807) is 6.92 Å². The molecule has 0 fully saturated rings. The molecule has 172 valence electrons. The first-order chi connectivity index (χ1) is 16.0. The largest absolute Gasteiger partial charge is 0.457 e. The third kappa shape index (κ3) is 5.05. The van der Waals surface area contributed by atoms with E-state index >= 15 is 0 Å². The highest BCUT2D eigenvalue weighted by atomic mass is 16.5. The van der Waals surface area contributed by atoms with Gasteiger partial charge in [0.2, 0.25) is 5.96 Å². The highest BCUT2D eigenvalue weighted by molar-refractivity contribution is 5.97. The van der Waals surface area contributed by atoms with Crippen molar-refractivity contribution in [3.8, 4) is 0 Å². The van der Waals surface area contributed by atoms with Crippen LogP contribution < -0.4 is 17.1 Å². The van der Waals surface area contributed by atoms with E-state index < -0.39 is 12.0 Å². The maximum absolute atomic E-state index is 13.2. The molecule has 7 heteroatoms. The summed E-state index contributed by atoms with van der Waals surface area (Å²) in [6, 6.07) is 21.1. The third-order valence-electron chi connectivity index (χ3n) is 5.42. The fourth-order valence-corrected chi connectivity index (χ4v) is 3.81. The second-order valence-corrected chi connectivity index (χ2v) is 7.52. The van der Waals surface area contributed by atoms with Crippen molar-refractivity contribution in [1.82, 2.24) is 10.4 Å². The number of allylic oxidation sites excluding steroid dienone is 1. The summed E-state index contributed by atoms with van der Waals surface area (Å²) in [5, 5.41) is 3.40. The molecule has 1 heterocycles. The second-order valence-electron chi connectivity index (χ2n) is 7.52. The number of benzene rings is 3. The average molecular weight is 446 g/mol. The van der Waals surface area contributed by atoms with Crippen molar-refractivity contribution in [3.05, 3.63) is 94.7 Å². The van der Waals surface area contributed by atoms with Crippen LogP contribution in [0.25, 0.3) is 10.8 Å². The van der Waals surface area contributed by atoms with Gasteiger partial charge in [-0.2, -0.15) is 0 Å². The van der Waals surface area contributed by atoms with Crippen LogP contribution in [0, 0.1) is 6.92 Å². The first kappa shape index (κ1) is 24.0. The molecule has 0 spiro atoms. The van der Waals surface area contributed by atoms with Crippen LogP contribution in [-0.4, -0.2) is 16.9 Å². The van der Waals surface area contributed by atoms with E-state index in [0.717, 1.165) is 27.5 Å². The topological polar surface area (TPSA) is 106 Å². The Kier molecular flexibility index (Phi) is 7.82. The Morgan fingerprint density at radius 2 is 1.70 bits per heavy atom.